The Hall–Kier alpha value is -4.26. The highest BCUT2D eigenvalue weighted by Crippen LogP contribution is 2.41. The van der Waals surface area contributed by atoms with Gasteiger partial charge < -0.3 is 30.6 Å². The van der Waals surface area contributed by atoms with Gasteiger partial charge in [-0.1, -0.05) is 36.1 Å². The lowest BCUT2D eigenvalue weighted by Crippen LogP contribution is -2.56. The van der Waals surface area contributed by atoms with Gasteiger partial charge in [0.2, 0.25) is 5.91 Å². The summed E-state index contributed by atoms with van der Waals surface area (Å²) in [6, 6.07) is 7.26. The van der Waals surface area contributed by atoms with Gasteiger partial charge in [-0.2, -0.15) is 0 Å². The van der Waals surface area contributed by atoms with Gasteiger partial charge in [-0.15, -0.1) is 0 Å². The maximum Gasteiger partial charge on any atom is 0.255 e. The van der Waals surface area contributed by atoms with E-state index < -0.39 is 5.54 Å². The van der Waals surface area contributed by atoms with Crippen LogP contribution in [0, 0.1) is 11.8 Å². The highest BCUT2D eigenvalue weighted by molar-refractivity contribution is 6.32. The maximum absolute atomic E-state index is 13.1. The SMILES string of the molecule is C=CC(=O)N[C@@]1(C#Cc2cnccc2-c2[nH]c3c(c2Nc2cccc(Cl)c2OC)C(=O)NCC3)CCCN(C)C1. The zero-order valence-corrected chi connectivity index (χ0v) is 23.2. The van der Waals surface area contributed by atoms with E-state index in [0.717, 1.165) is 30.6 Å². The number of methoxy groups -OCH3 is 1. The molecule has 10 heteroatoms. The maximum atomic E-state index is 13.1. The van der Waals surface area contributed by atoms with Crippen molar-refractivity contribution in [2.75, 3.05) is 39.1 Å². The Bertz CT molecular complexity index is 1540. The smallest absolute Gasteiger partial charge is 0.255 e. The van der Waals surface area contributed by atoms with Crippen LogP contribution < -0.4 is 20.7 Å². The Morgan fingerprint density at radius 2 is 2.20 bits per heavy atom. The number of rotatable bonds is 6. The number of hydrogen-bond acceptors (Lipinski definition) is 6. The molecule has 1 atom stereocenters. The summed E-state index contributed by atoms with van der Waals surface area (Å²) < 4.78 is 5.55. The van der Waals surface area contributed by atoms with Crippen molar-refractivity contribution in [3.63, 3.8) is 0 Å². The van der Waals surface area contributed by atoms with Crippen molar-refractivity contribution < 1.29 is 14.3 Å². The minimum Gasteiger partial charge on any atom is -0.493 e. The van der Waals surface area contributed by atoms with Gasteiger partial charge in [0.25, 0.3) is 5.91 Å². The molecule has 2 aromatic heterocycles. The number of anilines is 2. The normalized spacial score (nSPS) is 18.5. The first-order chi connectivity index (χ1) is 19.3. The van der Waals surface area contributed by atoms with E-state index in [0.29, 0.717) is 58.5 Å². The molecular weight excluding hydrogens is 528 g/mol. The lowest BCUT2D eigenvalue weighted by Gasteiger charge is -2.38. The van der Waals surface area contributed by atoms with E-state index in [1.165, 1.54) is 6.08 Å². The van der Waals surface area contributed by atoms with Gasteiger partial charge in [-0.25, -0.2) is 0 Å². The largest absolute Gasteiger partial charge is 0.493 e. The van der Waals surface area contributed by atoms with Crippen LogP contribution in [0.15, 0.2) is 49.3 Å². The van der Waals surface area contributed by atoms with Crippen LogP contribution in [0.2, 0.25) is 5.02 Å². The third-order valence-electron chi connectivity index (χ3n) is 7.15. The zero-order valence-electron chi connectivity index (χ0n) is 22.5. The number of H-pyrrole nitrogens is 1. The number of aromatic amines is 1. The van der Waals surface area contributed by atoms with Crippen LogP contribution in [0.5, 0.6) is 5.75 Å². The lowest BCUT2D eigenvalue weighted by molar-refractivity contribution is -0.118. The number of likely N-dealkylation sites (N-methyl/N-ethyl adjacent to an activating group) is 1. The number of piperidine rings is 1. The van der Waals surface area contributed by atoms with Crippen LogP contribution in [0.25, 0.3) is 11.3 Å². The number of benzene rings is 1. The van der Waals surface area contributed by atoms with Crippen LogP contribution in [0.3, 0.4) is 0 Å². The molecule has 1 aromatic carbocycles. The number of fused-ring (bicyclic) bond motifs is 1. The van der Waals surface area contributed by atoms with Crippen LogP contribution in [-0.4, -0.2) is 66.0 Å². The zero-order chi connectivity index (χ0) is 28.3. The van der Waals surface area contributed by atoms with Crippen molar-refractivity contribution in [1.29, 1.82) is 0 Å². The number of carbonyl (C=O) groups excluding carboxylic acids is 2. The summed E-state index contributed by atoms with van der Waals surface area (Å²) in [4.78, 5) is 35.4. The van der Waals surface area contributed by atoms with E-state index in [2.05, 4.69) is 49.2 Å². The summed E-state index contributed by atoms with van der Waals surface area (Å²) in [6.45, 7) is 5.66. The average molecular weight is 559 g/mol. The Labute approximate surface area is 238 Å². The van der Waals surface area contributed by atoms with Crippen molar-refractivity contribution in [3.05, 3.63) is 71.2 Å². The highest BCUT2D eigenvalue weighted by Gasteiger charge is 2.34. The fourth-order valence-corrected chi connectivity index (χ4v) is 5.60. The molecule has 4 N–H and O–H groups in total. The number of amides is 2. The summed E-state index contributed by atoms with van der Waals surface area (Å²) in [7, 11) is 3.56. The van der Waals surface area contributed by atoms with E-state index in [4.69, 9.17) is 16.3 Å². The number of pyridine rings is 1. The fourth-order valence-electron chi connectivity index (χ4n) is 5.35. The molecule has 0 bridgehead atoms. The summed E-state index contributed by atoms with van der Waals surface area (Å²) in [6.07, 6.45) is 6.92. The second kappa shape index (κ2) is 11.5. The van der Waals surface area contributed by atoms with E-state index in [1.807, 2.05) is 25.2 Å². The third-order valence-corrected chi connectivity index (χ3v) is 7.45. The van der Waals surface area contributed by atoms with Gasteiger partial charge in [0, 0.05) is 43.2 Å². The van der Waals surface area contributed by atoms with Gasteiger partial charge >= 0.3 is 0 Å². The quantitative estimate of drug-likeness (QED) is 0.270. The van der Waals surface area contributed by atoms with Gasteiger partial charge in [-0.3, -0.25) is 14.6 Å². The minimum absolute atomic E-state index is 0.176. The fraction of sp³-hybridized carbons (Fsp3) is 0.300. The molecule has 1 fully saturated rings. The highest BCUT2D eigenvalue weighted by atomic mass is 35.5. The molecule has 4 heterocycles. The Morgan fingerprint density at radius 1 is 1.35 bits per heavy atom. The second-order valence-electron chi connectivity index (χ2n) is 9.97. The molecule has 0 aliphatic carbocycles. The third kappa shape index (κ3) is 5.41. The summed E-state index contributed by atoms with van der Waals surface area (Å²) in [5.74, 6) is 6.70. The molecule has 0 unspecified atom stereocenters. The van der Waals surface area contributed by atoms with Crippen molar-refractivity contribution in [2.45, 2.75) is 24.8 Å². The van der Waals surface area contributed by atoms with Gasteiger partial charge in [0.1, 0.15) is 5.54 Å². The van der Waals surface area contributed by atoms with Gasteiger partial charge in [-0.05, 0) is 50.7 Å². The first-order valence-electron chi connectivity index (χ1n) is 13.1. The van der Waals surface area contributed by atoms with E-state index in [1.54, 1.807) is 25.6 Å². The number of nitrogens with one attached hydrogen (secondary N) is 4. The van der Waals surface area contributed by atoms with E-state index >= 15 is 0 Å². The molecule has 0 saturated carbocycles. The van der Waals surface area contributed by atoms with Crippen molar-refractivity contribution in [2.24, 2.45) is 0 Å². The standard InChI is InChI=1S/C30H31ClN6O3/c1-4-24(38)36-30(12-6-16-37(2)18-30)13-9-19-17-32-14-10-20(19)26-27(25-22(34-26)11-15-33-29(25)39)35-23-8-5-7-21(31)28(23)40-3/h4-5,7-8,10,14,17,34-35H,1,6,11-12,15-16,18H2,2-3H3,(H,33,39)(H,36,38)/t30-/m1/s1. The number of ether oxygens (including phenoxy) is 1. The molecule has 2 aliphatic heterocycles. The van der Waals surface area contributed by atoms with Crippen molar-refractivity contribution in [1.82, 2.24) is 25.5 Å². The van der Waals surface area contributed by atoms with Crippen molar-refractivity contribution >= 4 is 34.8 Å². The van der Waals surface area contributed by atoms with Crippen molar-refractivity contribution in [3.8, 4) is 28.8 Å². The van der Waals surface area contributed by atoms with Gasteiger partial charge in [0.15, 0.2) is 5.75 Å². The molecule has 9 nitrogen and oxygen atoms in total. The molecule has 3 aromatic rings. The molecule has 2 amide bonds. The van der Waals surface area contributed by atoms with E-state index in [-0.39, 0.29) is 11.8 Å². The first-order valence-corrected chi connectivity index (χ1v) is 13.4. The molecular formula is C30H31ClN6O3. The predicted octanol–water partition coefficient (Wildman–Crippen LogP) is 3.89. The van der Waals surface area contributed by atoms with Crippen LogP contribution in [-0.2, 0) is 11.2 Å². The topological polar surface area (TPSA) is 111 Å². The summed E-state index contributed by atoms with van der Waals surface area (Å²) in [5, 5.41) is 9.84. The molecule has 206 valence electrons. The average Bonchev–Trinajstić information content (AvgIpc) is 3.31. The number of para-hydroxylation sites is 1. The van der Waals surface area contributed by atoms with Crippen LogP contribution in [0.4, 0.5) is 11.4 Å². The molecule has 40 heavy (non-hydrogen) atoms. The Morgan fingerprint density at radius 3 is 2.98 bits per heavy atom. The molecule has 1 saturated heterocycles. The number of aromatic nitrogens is 2. The number of likely N-dealkylation sites (tertiary alicyclic amines) is 1. The number of halogens is 1. The summed E-state index contributed by atoms with van der Waals surface area (Å²) >= 11 is 6.39. The van der Waals surface area contributed by atoms with E-state index in [9.17, 15) is 9.59 Å². The molecule has 5 rings (SSSR count). The van der Waals surface area contributed by atoms with Gasteiger partial charge in [0.05, 0.1) is 40.3 Å². The Kier molecular flexibility index (Phi) is 7.83. The second-order valence-corrected chi connectivity index (χ2v) is 10.4. The molecule has 2 aliphatic rings. The molecule has 0 radical (unpaired) electrons. The lowest BCUT2D eigenvalue weighted by atomic mass is 9.89. The first kappa shape index (κ1) is 27.3. The minimum atomic E-state index is -0.727. The van der Waals surface area contributed by atoms with Crippen LogP contribution in [0.1, 0.15) is 34.5 Å². The van der Waals surface area contributed by atoms with Crippen LogP contribution >= 0.6 is 11.6 Å². The predicted molar refractivity (Wildman–Crippen MR) is 156 cm³/mol. The number of nitrogens with zero attached hydrogens (tertiary/aromatic N) is 2. The summed E-state index contributed by atoms with van der Waals surface area (Å²) in [5.41, 5.74) is 3.95. The molecule has 0 spiro atoms. The monoisotopic (exact) mass is 558 g/mol. The number of hydrogen-bond donors (Lipinski definition) is 4. The number of carbonyl (C=O) groups is 2. The Balaban J connectivity index is 1.63.